The molecule has 3 aromatic rings. The average Bonchev–Trinajstić information content (AvgIpc) is 2.65. The predicted molar refractivity (Wildman–Crippen MR) is 112 cm³/mol. The van der Waals surface area contributed by atoms with Gasteiger partial charge >= 0.3 is 0 Å². The topological polar surface area (TPSA) is 30.5 Å². The third kappa shape index (κ3) is 5.56. The van der Waals surface area contributed by atoms with Gasteiger partial charge in [0.15, 0.2) is 11.5 Å². The summed E-state index contributed by atoms with van der Waals surface area (Å²) in [4.78, 5) is 0. The number of ether oxygens (including phenoxy) is 2. The highest BCUT2D eigenvalue weighted by molar-refractivity contribution is 6.35. The monoisotopic (exact) mass is 401 g/mol. The fourth-order valence-corrected chi connectivity index (χ4v) is 3.17. The van der Waals surface area contributed by atoms with Gasteiger partial charge in [-0.2, -0.15) is 0 Å². The third-order valence-corrected chi connectivity index (χ3v) is 4.54. The minimum Gasteiger partial charge on any atom is -0.493 e. The molecule has 27 heavy (non-hydrogen) atoms. The van der Waals surface area contributed by atoms with Gasteiger partial charge in [-0.15, -0.1) is 0 Å². The van der Waals surface area contributed by atoms with E-state index >= 15 is 0 Å². The standard InChI is InChI=1S/C22H21Cl2NO2/c1-15-3-5-16(6-4-15)14-27-21-8-7-17(9-22(21)26-2)13-25-20-11-18(23)10-19(24)12-20/h3-12,25H,13-14H2,1-2H3. The molecule has 3 nitrogen and oxygen atoms in total. The summed E-state index contributed by atoms with van der Waals surface area (Å²) in [6.45, 7) is 3.18. The summed E-state index contributed by atoms with van der Waals surface area (Å²) in [5, 5.41) is 4.51. The zero-order valence-corrected chi connectivity index (χ0v) is 16.8. The van der Waals surface area contributed by atoms with Crippen LogP contribution in [0.2, 0.25) is 10.0 Å². The molecule has 0 spiro atoms. The fourth-order valence-electron chi connectivity index (χ4n) is 2.65. The molecule has 0 fully saturated rings. The van der Waals surface area contributed by atoms with Gasteiger partial charge in [0.25, 0.3) is 0 Å². The summed E-state index contributed by atoms with van der Waals surface area (Å²) in [6, 6.07) is 19.6. The molecule has 1 N–H and O–H groups in total. The first kappa shape index (κ1) is 19.4. The molecular weight excluding hydrogens is 381 g/mol. The molecule has 0 heterocycles. The minimum absolute atomic E-state index is 0.495. The number of halogens is 2. The molecule has 0 atom stereocenters. The summed E-state index contributed by atoms with van der Waals surface area (Å²) < 4.78 is 11.4. The van der Waals surface area contributed by atoms with Crippen molar-refractivity contribution in [1.29, 1.82) is 0 Å². The number of hydrogen-bond donors (Lipinski definition) is 1. The molecule has 0 saturated heterocycles. The molecule has 0 saturated carbocycles. The lowest BCUT2D eigenvalue weighted by atomic mass is 10.1. The Balaban J connectivity index is 1.65. The third-order valence-electron chi connectivity index (χ3n) is 4.10. The fraction of sp³-hybridized carbons (Fsp3) is 0.182. The van der Waals surface area contributed by atoms with Crippen LogP contribution in [0, 0.1) is 6.92 Å². The number of anilines is 1. The molecule has 0 aliphatic carbocycles. The van der Waals surface area contributed by atoms with E-state index < -0.39 is 0 Å². The van der Waals surface area contributed by atoms with Crippen LogP contribution in [-0.2, 0) is 13.2 Å². The van der Waals surface area contributed by atoms with Gasteiger partial charge < -0.3 is 14.8 Å². The van der Waals surface area contributed by atoms with E-state index in [2.05, 4.69) is 36.5 Å². The molecule has 0 amide bonds. The number of nitrogens with one attached hydrogen (secondary N) is 1. The number of methoxy groups -OCH3 is 1. The number of benzene rings is 3. The first-order chi connectivity index (χ1) is 13.0. The SMILES string of the molecule is COc1cc(CNc2cc(Cl)cc(Cl)c2)ccc1OCc1ccc(C)cc1. The quantitative estimate of drug-likeness (QED) is 0.489. The maximum atomic E-state index is 6.03. The Morgan fingerprint density at radius 2 is 1.48 bits per heavy atom. The van der Waals surface area contributed by atoms with Gasteiger partial charge in [-0.1, -0.05) is 59.1 Å². The number of hydrogen-bond acceptors (Lipinski definition) is 3. The van der Waals surface area contributed by atoms with Crippen LogP contribution in [0.3, 0.4) is 0 Å². The van der Waals surface area contributed by atoms with Crippen molar-refractivity contribution < 1.29 is 9.47 Å². The highest BCUT2D eigenvalue weighted by atomic mass is 35.5. The Kier molecular flexibility index (Phi) is 6.49. The zero-order chi connectivity index (χ0) is 19.2. The summed E-state index contributed by atoms with van der Waals surface area (Å²) in [5.74, 6) is 1.41. The highest BCUT2D eigenvalue weighted by Gasteiger charge is 2.07. The lowest BCUT2D eigenvalue weighted by Gasteiger charge is -2.13. The first-order valence-corrected chi connectivity index (χ1v) is 9.34. The second-order valence-electron chi connectivity index (χ2n) is 6.27. The van der Waals surface area contributed by atoms with Crippen LogP contribution in [0.5, 0.6) is 11.5 Å². The lowest BCUT2D eigenvalue weighted by molar-refractivity contribution is 0.284. The van der Waals surface area contributed by atoms with E-state index in [0.29, 0.717) is 34.7 Å². The number of rotatable bonds is 7. The molecule has 0 aromatic heterocycles. The van der Waals surface area contributed by atoms with E-state index in [-0.39, 0.29) is 0 Å². The van der Waals surface area contributed by atoms with Crippen LogP contribution in [-0.4, -0.2) is 7.11 Å². The molecule has 0 aliphatic heterocycles. The molecule has 0 aliphatic rings. The molecule has 0 bridgehead atoms. The van der Waals surface area contributed by atoms with Gasteiger partial charge in [0.2, 0.25) is 0 Å². The van der Waals surface area contributed by atoms with Crippen LogP contribution in [0.1, 0.15) is 16.7 Å². The molecule has 3 rings (SSSR count). The smallest absolute Gasteiger partial charge is 0.161 e. The van der Waals surface area contributed by atoms with Gasteiger partial charge in [0, 0.05) is 22.3 Å². The molecule has 140 valence electrons. The Morgan fingerprint density at radius 3 is 2.15 bits per heavy atom. The van der Waals surface area contributed by atoms with Gasteiger partial charge in [-0.3, -0.25) is 0 Å². The van der Waals surface area contributed by atoms with Crippen molar-refractivity contribution in [3.63, 3.8) is 0 Å². The highest BCUT2D eigenvalue weighted by Crippen LogP contribution is 2.29. The summed E-state index contributed by atoms with van der Waals surface area (Å²) in [7, 11) is 1.64. The van der Waals surface area contributed by atoms with E-state index in [0.717, 1.165) is 16.8 Å². The van der Waals surface area contributed by atoms with Crippen LogP contribution in [0.15, 0.2) is 60.7 Å². The van der Waals surface area contributed by atoms with Gasteiger partial charge in [0.05, 0.1) is 7.11 Å². The average molecular weight is 402 g/mol. The van der Waals surface area contributed by atoms with E-state index in [4.69, 9.17) is 32.7 Å². The lowest BCUT2D eigenvalue weighted by Crippen LogP contribution is -2.02. The summed E-state index contributed by atoms with van der Waals surface area (Å²) >= 11 is 12.1. The maximum Gasteiger partial charge on any atom is 0.161 e. The van der Waals surface area contributed by atoms with Crippen LogP contribution in [0.4, 0.5) is 5.69 Å². The van der Waals surface area contributed by atoms with E-state index in [9.17, 15) is 0 Å². The second kappa shape index (κ2) is 9.03. The normalized spacial score (nSPS) is 10.5. The van der Waals surface area contributed by atoms with Crippen molar-refractivity contribution in [2.75, 3.05) is 12.4 Å². The van der Waals surface area contributed by atoms with Crippen LogP contribution in [0.25, 0.3) is 0 Å². The second-order valence-corrected chi connectivity index (χ2v) is 7.14. The molecule has 3 aromatic carbocycles. The largest absolute Gasteiger partial charge is 0.493 e. The van der Waals surface area contributed by atoms with Crippen molar-refractivity contribution in [2.45, 2.75) is 20.1 Å². The molecule has 0 radical (unpaired) electrons. The molecule has 5 heteroatoms. The Bertz CT molecular complexity index is 890. The van der Waals surface area contributed by atoms with Gasteiger partial charge in [-0.05, 0) is 48.4 Å². The Morgan fingerprint density at radius 1 is 0.815 bits per heavy atom. The Labute approximate surface area is 169 Å². The molecular formula is C22H21Cl2NO2. The predicted octanol–water partition coefficient (Wildman–Crippen LogP) is 6.50. The number of aryl methyl sites for hydroxylation is 1. The van der Waals surface area contributed by atoms with Crippen LogP contribution >= 0.6 is 23.2 Å². The maximum absolute atomic E-state index is 6.03. The first-order valence-electron chi connectivity index (χ1n) is 8.59. The molecule has 0 unspecified atom stereocenters. The van der Waals surface area contributed by atoms with Gasteiger partial charge in [0.1, 0.15) is 6.61 Å². The van der Waals surface area contributed by atoms with Gasteiger partial charge in [-0.25, -0.2) is 0 Å². The van der Waals surface area contributed by atoms with E-state index in [1.54, 1.807) is 13.2 Å². The summed E-state index contributed by atoms with van der Waals surface area (Å²) in [6.07, 6.45) is 0. The van der Waals surface area contributed by atoms with Crippen molar-refractivity contribution in [2.24, 2.45) is 0 Å². The zero-order valence-electron chi connectivity index (χ0n) is 15.3. The van der Waals surface area contributed by atoms with E-state index in [1.165, 1.54) is 5.56 Å². The Hall–Kier alpha value is -2.36. The van der Waals surface area contributed by atoms with Crippen LogP contribution < -0.4 is 14.8 Å². The van der Waals surface area contributed by atoms with Crippen molar-refractivity contribution in [3.8, 4) is 11.5 Å². The van der Waals surface area contributed by atoms with E-state index in [1.807, 2.05) is 30.3 Å². The van der Waals surface area contributed by atoms with Crippen molar-refractivity contribution in [1.82, 2.24) is 0 Å². The van der Waals surface area contributed by atoms with Crippen molar-refractivity contribution in [3.05, 3.63) is 87.4 Å². The van der Waals surface area contributed by atoms with Crippen molar-refractivity contribution >= 4 is 28.9 Å². The minimum atomic E-state index is 0.495. The summed E-state index contributed by atoms with van der Waals surface area (Å²) in [5.41, 5.74) is 4.28.